The number of ether oxygens (including phenoxy) is 2. The van der Waals surface area contributed by atoms with Gasteiger partial charge < -0.3 is 49.3 Å². The first-order valence-electron chi connectivity index (χ1n) is 25.3. The van der Waals surface area contributed by atoms with Crippen LogP contribution in [0.15, 0.2) is 0 Å². The molecule has 0 bridgehead atoms. The van der Waals surface area contributed by atoms with E-state index in [1.54, 1.807) is 0 Å². The zero-order valence-corrected chi connectivity index (χ0v) is 39.9. The number of carbonyl (C=O) groups is 2. The predicted octanol–water partition coefficient (Wildman–Crippen LogP) is 7.96. The molecule has 1 aliphatic carbocycles. The molecule has 7 unspecified atom stereocenters. The molecular weight excluding hydrogens is 889 g/mol. The minimum atomic E-state index is -6.37. The molecule has 63 heavy (non-hydrogen) atoms. The van der Waals surface area contributed by atoms with Gasteiger partial charge in [-0.05, 0) is 12.8 Å². The van der Waals surface area contributed by atoms with E-state index in [1.807, 2.05) is 0 Å². The third kappa shape index (κ3) is 30.9. The molecule has 374 valence electrons. The fourth-order valence-electron chi connectivity index (χ4n) is 7.09. The highest BCUT2D eigenvalue weighted by molar-refractivity contribution is 7.47. The minimum absolute atomic E-state index is 0.138. The van der Waals surface area contributed by atoms with Gasteiger partial charge >= 0.3 is 35.4 Å². The summed E-state index contributed by atoms with van der Waals surface area (Å²) in [6.07, 6.45) is 3.78. The fraction of sp³-hybridized carbons (Fsp3) is 0.951. The predicted molar refractivity (Wildman–Crippen MR) is 234 cm³/mol. The third-order valence-electron chi connectivity index (χ3n) is 10.5. The number of hydrogen-bond donors (Lipinski definition) is 8. The van der Waals surface area contributed by atoms with Gasteiger partial charge in [-0.25, -0.2) is 13.7 Å². The molecule has 0 aromatic rings. The maximum absolute atomic E-state index is 13.4. The van der Waals surface area contributed by atoms with Gasteiger partial charge in [-0.2, -0.15) is 0 Å². The summed E-state index contributed by atoms with van der Waals surface area (Å²) in [6.45, 7) is -3.99. The Morgan fingerprint density at radius 3 is 1.13 bits per heavy atom. The second kappa shape index (κ2) is 34.4. The Hall–Kier alpha value is -0.850. The monoisotopic (exact) mass is 975 g/mol. The number of phosphoric ester groups is 3. The fourth-order valence-corrected chi connectivity index (χ4v) is 9.02. The molecule has 0 saturated heterocycles. The number of phosphoric acid groups is 3. The van der Waals surface area contributed by atoms with Crippen molar-refractivity contribution in [1.29, 1.82) is 0 Å². The minimum Gasteiger partial charge on any atom is -0.462 e. The Morgan fingerprint density at radius 1 is 0.492 bits per heavy atom. The summed E-state index contributed by atoms with van der Waals surface area (Å²) in [7, 11) is -17.8. The van der Waals surface area contributed by atoms with Gasteiger partial charge in [0, 0.05) is 12.8 Å². The average Bonchev–Trinajstić information content (AvgIpc) is 3.21. The van der Waals surface area contributed by atoms with Gasteiger partial charge in [-0.3, -0.25) is 27.7 Å². The normalized spacial score (nSPS) is 24.3. The van der Waals surface area contributed by atoms with E-state index in [-0.39, 0.29) is 12.8 Å². The van der Waals surface area contributed by atoms with Gasteiger partial charge in [-0.15, -0.1) is 0 Å². The van der Waals surface area contributed by atoms with Crippen LogP contribution in [0.3, 0.4) is 0 Å². The van der Waals surface area contributed by atoms with Gasteiger partial charge in [0.15, 0.2) is 6.08 Å². The maximum atomic E-state index is 13.4. The van der Waals surface area contributed by atoms with Crippen LogP contribution in [0.4, 0.5) is 0 Å². The first-order valence-corrected chi connectivity index (χ1v) is 27.4. The molecule has 22 heteroatoms. The second-order valence-electron chi connectivity index (χ2n) is 16.2. The molecule has 8 atom stereocenters. The summed E-state index contributed by atoms with van der Waals surface area (Å²) in [4.78, 5) is 74.1. The van der Waals surface area contributed by atoms with Crippen molar-refractivity contribution in [1.82, 2.24) is 0 Å². The summed E-state index contributed by atoms with van der Waals surface area (Å²) >= 11 is 0. The zero-order valence-electron chi connectivity index (χ0n) is 42.2. The smallest absolute Gasteiger partial charge is 0.462 e. The number of esters is 2. The molecule has 1 saturated carbocycles. The number of hydrogen-bond acceptors (Lipinski definition) is 14. The second-order valence-corrected chi connectivity index (χ2v) is 19.9. The van der Waals surface area contributed by atoms with Crippen LogP contribution in [0.25, 0.3) is 0 Å². The van der Waals surface area contributed by atoms with Crippen molar-refractivity contribution in [3.63, 3.8) is 0 Å². The number of unbranched alkanes of at least 4 members (excludes halogenated alkanes) is 24. The van der Waals surface area contributed by atoms with E-state index < -0.39 is 104 Å². The van der Waals surface area contributed by atoms with Crippen LogP contribution in [-0.4, -0.2) is 108 Å². The van der Waals surface area contributed by atoms with Gasteiger partial charge in [-0.1, -0.05) is 168 Å². The lowest BCUT2D eigenvalue weighted by Gasteiger charge is -2.44. The molecule has 19 nitrogen and oxygen atoms in total. The lowest BCUT2D eigenvalue weighted by molar-refractivity contribution is -0.213. The van der Waals surface area contributed by atoms with Crippen LogP contribution in [0.1, 0.15) is 200 Å². The molecule has 1 rings (SSSR count). The van der Waals surface area contributed by atoms with Crippen LogP contribution in [-0.2, 0) is 50.9 Å². The molecule has 0 aliphatic heterocycles. The number of aliphatic hydroxyl groups is 3. The Balaban J connectivity index is 3.14. The van der Waals surface area contributed by atoms with Crippen molar-refractivity contribution in [2.24, 2.45) is 0 Å². The van der Waals surface area contributed by atoms with E-state index in [4.69, 9.17) is 16.3 Å². The molecule has 0 spiro atoms. The SMILES string of the molecule is [2H]C([2H])(OC(=O)CCCCCCCCCCCCCCC)C([2H])(OC(=O)CCCCCCCCCCCCCCC)C([2H])([2H])OP(=O)(O)OC1C(O)C(OP(=O)(O)O)C(O)[C@@H](OP(=O)(O)O)C1O. The highest BCUT2D eigenvalue weighted by Gasteiger charge is 2.56. The van der Waals surface area contributed by atoms with Gasteiger partial charge in [0.25, 0.3) is 0 Å². The topological polar surface area (TPSA) is 303 Å². The summed E-state index contributed by atoms with van der Waals surface area (Å²) in [5, 5.41) is 32.0. The van der Waals surface area contributed by atoms with E-state index in [1.165, 1.54) is 70.6 Å². The van der Waals surface area contributed by atoms with E-state index in [0.29, 0.717) is 19.3 Å². The standard InChI is InChI=1S/C41H81O19P3/c1-3-5-7-9-11-13-15-17-19-21-23-25-27-29-34(42)55-31-33(57-35(43)30-28-26-24-22-20-18-16-14-12-10-8-6-4-2)32-56-63(53,54)60-41-37(45)39(58-61(47,48)49)36(44)40(38(41)46)59-62(50,51)52/h33,36-41,44-46H,3-32H2,1-2H3,(H,53,54)(H2,47,48,49)(H2,50,51,52)/t33?,36?,37?,38?,39-,40?,41?/m1/s1/i31D2,32D2,33D. The molecule has 0 aromatic carbocycles. The van der Waals surface area contributed by atoms with Crippen molar-refractivity contribution >= 4 is 35.4 Å². The quantitative estimate of drug-likeness (QED) is 0.0164. The van der Waals surface area contributed by atoms with Crippen molar-refractivity contribution < 1.29 is 97.5 Å². The maximum Gasteiger partial charge on any atom is 0.472 e. The molecule has 1 aliphatic rings. The number of carbonyl (C=O) groups excluding carboxylic acids is 2. The van der Waals surface area contributed by atoms with Crippen molar-refractivity contribution in [2.75, 3.05) is 13.1 Å². The first-order chi connectivity index (χ1) is 31.6. The first kappa shape index (κ1) is 51.5. The zero-order chi connectivity index (χ0) is 51.7. The molecule has 1 fully saturated rings. The third-order valence-corrected chi connectivity index (χ3v) is 12.4. The average molecular weight is 976 g/mol. The molecular formula is C41H81O19P3. The highest BCUT2D eigenvalue weighted by Crippen LogP contribution is 2.51. The Kier molecular flexibility index (Phi) is 28.2. The van der Waals surface area contributed by atoms with Crippen molar-refractivity contribution in [2.45, 2.75) is 236 Å². The van der Waals surface area contributed by atoms with E-state index in [2.05, 4.69) is 31.9 Å². The van der Waals surface area contributed by atoms with Gasteiger partial charge in [0.05, 0.1) is 13.4 Å². The van der Waals surface area contributed by atoms with Crippen molar-refractivity contribution in [3.8, 4) is 0 Å². The molecule has 0 heterocycles. The van der Waals surface area contributed by atoms with Gasteiger partial charge in [0.2, 0.25) is 0 Å². The lowest BCUT2D eigenvalue weighted by atomic mass is 9.85. The Labute approximate surface area is 381 Å². The summed E-state index contributed by atoms with van der Waals surface area (Å²) < 4.78 is 107. The van der Waals surface area contributed by atoms with Crippen LogP contribution in [0, 0.1) is 0 Å². The Bertz CT molecular complexity index is 1540. The summed E-state index contributed by atoms with van der Waals surface area (Å²) in [5.74, 6) is -2.69. The largest absolute Gasteiger partial charge is 0.472 e. The van der Waals surface area contributed by atoms with Gasteiger partial charge in [0.1, 0.15) is 43.2 Å². The van der Waals surface area contributed by atoms with Crippen LogP contribution < -0.4 is 0 Å². The highest BCUT2D eigenvalue weighted by atomic mass is 31.2. The molecule has 0 aromatic heterocycles. The summed E-state index contributed by atoms with van der Waals surface area (Å²) in [6, 6.07) is 0. The van der Waals surface area contributed by atoms with Crippen LogP contribution >= 0.6 is 23.5 Å². The number of rotatable bonds is 40. The van der Waals surface area contributed by atoms with E-state index in [9.17, 15) is 63.1 Å². The van der Waals surface area contributed by atoms with Crippen LogP contribution in [0.5, 0.6) is 0 Å². The van der Waals surface area contributed by atoms with E-state index >= 15 is 0 Å². The molecule has 8 N–H and O–H groups in total. The Morgan fingerprint density at radius 2 is 0.794 bits per heavy atom. The molecule has 0 amide bonds. The number of aliphatic hydroxyl groups excluding tert-OH is 3. The van der Waals surface area contributed by atoms with E-state index in [0.717, 1.165) is 64.2 Å². The van der Waals surface area contributed by atoms with Crippen molar-refractivity contribution in [3.05, 3.63) is 0 Å². The summed E-state index contributed by atoms with van der Waals surface area (Å²) in [5.41, 5.74) is 0. The lowest BCUT2D eigenvalue weighted by Crippen LogP contribution is -2.65. The molecule has 0 radical (unpaired) electrons. The van der Waals surface area contributed by atoms with Crippen LogP contribution in [0.2, 0.25) is 0 Å².